The van der Waals surface area contributed by atoms with E-state index in [9.17, 15) is 10.2 Å². The summed E-state index contributed by atoms with van der Waals surface area (Å²) < 4.78 is 0. The van der Waals surface area contributed by atoms with Crippen LogP contribution in [0.3, 0.4) is 0 Å². The smallest absolute Gasteiger partial charge is 0.116 e. The normalized spacial score (nSPS) is 36.3. The van der Waals surface area contributed by atoms with E-state index in [1.807, 2.05) is 18.3 Å². The van der Waals surface area contributed by atoms with Gasteiger partial charge in [-0.25, -0.2) is 0 Å². The van der Waals surface area contributed by atoms with Crippen LogP contribution in [0.2, 0.25) is 0 Å². The summed E-state index contributed by atoms with van der Waals surface area (Å²) in [5.41, 5.74) is 3.25. The molecule has 3 aromatic rings. The number of rotatable bonds is 1. The topological polar surface area (TPSA) is 75.6 Å². The van der Waals surface area contributed by atoms with E-state index in [4.69, 9.17) is 4.98 Å². The van der Waals surface area contributed by atoms with Crippen molar-refractivity contribution >= 4 is 27.4 Å². The van der Waals surface area contributed by atoms with E-state index in [1.165, 1.54) is 31.3 Å². The number of hydrogen-bond acceptors (Lipinski definition) is 5. The molecule has 3 bridgehead atoms. The third-order valence-corrected chi connectivity index (χ3v) is 11.2. The summed E-state index contributed by atoms with van der Waals surface area (Å²) in [4.78, 5) is 14.2. The molecule has 6 heteroatoms. The predicted octanol–water partition coefficient (Wildman–Crippen LogP) is 6.56. The van der Waals surface area contributed by atoms with E-state index in [0.29, 0.717) is 12.0 Å². The van der Waals surface area contributed by atoms with Gasteiger partial charge >= 0.3 is 0 Å². The Labute approximate surface area is 248 Å². The third-order valence-electron chi connectivity index (χ3n) is 11.2. The summed E-state index contributed by atoms with van der Waals surface area (Å²) in [6.45, 7) is 4.36. The van der Waals surface area contributed by atoms with Gasteiger partial charge in [0.2, 0.25) is 0 Å². The highest BCUT2D eigenvalue weighted by molar-refractivity contribution is 6.10. The van der Waals surface area contributed by atoms with Gasteiger partial charge in [-0.3, -0.25) is 9.88 Å². The van der Waals surface area contributed by atoms with Gasteiger partial charge in [0.25, 0.3) is 0 Å². The molecular weight excluding hydrogens is 520 g/mol. The lowest BCUT2D eigenvalue weighted by Gasteiger charge is -2.58. The van der Waals surface area contributed by atoms with Crippen molar-refractivity contribution in [2.75, 3.05) is 26.2 Å². The number of nitrogens with zero attached hydrogens (tertiary/aromatic N) is 3. The fraction of sp³-hybridized carbons (Fsp3) is 0.528. The van der Waals surface area contributed by atoms with Gasteiger partial charge in [-0.2, -0.15) is 0 Å². The van der Waals surface area contributed by atoms with Crippen molar-refractivity contribution in [3.05, 3.63) is 66.5 Å². The first-order valence-electron chi connectivity index (χ1n) is 16.4. The minimum absolute atomic E-state index is 0.0394. The quantitative estimate of drug-likeness (QED) is 0.292. The first kappa shape index (κ1) is 26.7. The molecule has 220 valence electrons. The number of pyridine rings is 1. The number of phenols is 1. The van der Waals surface area contributed by atoms with Crippen LogP contribution in [0.4, 0.5) is 0 Å². The van der Waals surface area contributed by atoms with Crippen molar-refractivity contribution in [1.29, 1.82) is 0 Å². The number of H-pyrrole nitrogens is 1. The van der Waals surface area contributed by atoms with Gasteiger partial charge in [-0.05, 0) is 126 Å². The minimum atomic E-state index is -0.941. The van der Waals surface area contributed by atoms with Crippen molar-refractivity contribution in [2.45, 2.75) is 81.9 Å². The largest absolute Gasteiger partial charge is 0.508 e. The number of aromatic hydroxyl groups is 1. The molecular formula is C36H44N4O2. The molecule has 4 aliphatic heterocycles. The second-order valence-corrected chi connectivity index (χ2v) is 13.7. The van der Waals surface area contributed by atoms with E-state index >= 15 is 0 Å². The molecule has 1 unspecified atom stereocenters. The molecule has 6 atom stereocenters. The fourth-order valence-electron chi connectivity index (χ4n) is 9.62. The van der Waals surface area contributed by atoms with Crippen molar-refractivity contribution in [1.82, 2.24) is 19.8 Å². The third kappa shape index (κ3) is 4.21. The molecule has 0 saturated carbocycles. The SMILES string of the molecule is Oc1ccc2[nH]c3c(C4=C[C@@]5(O)CCC=CCCCCN6CC[C@@H]4[C@]4(C[C@@H]7/C=C\CCCCN7[C@H]45)C6)nccc3c2c1. The summed E-state index contributed by atoms with van der Waals surface area (Å²) in [6.07, 6.45) is 24.7. The molecule has 42 heavy (non-hydrogen) atoms. The van der Waals surface area contributed by atoms with Crippen LogP contribution < -0.4 is 0 Å². The highest BCUT2D eigenvalue weighted by Crippen LogP contribution is 2.61. The molecule has 3 N–H and O–H groups in total. The molecule has 1 aromatic carbocycles. The number of piperidine rings is 1. The summed E-state index contributed by atoms with van der Waals surface area (Å²) in [6, 6.07) is 8.08. The Kier molecular flexibility index (Phi) is 6.58. The Morgan fingerprint density at radius 1 is 0.929 bits per heavy atom. The molecule has 1 spiro atoms. The Bertz CT molecular complexity index is 1590. The van der Waals surface area contributed by atoms with Crippen LogP contribution in [0.1, 0.15) is 69.9 Å². The molecule has 1 aliphatic carbocycles. The molecule has 2 saturated heterocycles. The van der Waals surface area contributed by atoms with E-state index in [0.717, 1.165) is 92.2 Å². The lowest BCUT2D eigenvalue weighted by Crippen LogP contribution is -2.65. The Morgan fingerprint density at radius 2 is 1.79 bits per heavy atom. The van der Waals surface area contributed by atoms with Crippen molar-refractivity contribution in [3.63, 3.8) is 0 Å². The molecule has 0 amide bonds. The summed E-state index contributed by atoms with van der Waals surface area (Å²) in [7, 11) is 0. The number of benzene rings is 1. The van der Waals surface area contributed by atoms with Gasteiger partial charge in [0.15, 0.2) is 0 Å². The number of hydrogen-bond donors (Lipinski definition) is 3. The van der Waals surface area contributed by atoms with Crippen molar-refractivity contribution in [2.24, 2.45) is 11.3 Å². The number of nitrogens with one attached hydrogen (secondary N) is 1. The van der Waals surface area contributed by atoms with Gasteiger partial charge in [-0.15, -0.1) is 0 Å². The summed E-state index contributed by atoms with van der Waals surface area (Å²) in [5.74, 6) is 0.606. The molecule has 6 nitrogen and oxygen atoms in total. The molecule has 5 aliphatic rings. The van der Waals surface area contributed by atoms with Crippen molar-refractivity contribution < 1.29 is 10.2 Å². The van der Waals surface area contributed by atoms with Crippen LogP contribution in [0.15, 0.2) is 60.8 Å². The number of phenolic OH excluding ortho intramolecular Hbond substituents is 1. The molecule has 0 radical (unpaired) electrons. The maximum Gasteiger partial charge on any atom is 0.116 e. The zero-order chi connectivity index (χ0) is 28.3. The van der Waals surface area contributed by atoms with Crippen molar-refractivity contribution in [3.8, 4) is 5.75 Å². The van der Waals surface area contributed by atoms with Gasteiger partial charge in [0.1, 0.15) is 5.75 Å². The lowest BCUT2D eigenvalue weighted by atomic mass is 9.54. The number of fused-ring (bicyclic) bond motifs is 5. The second kappa shape index (κ2) is 10.4. The summed E-state index contributed by atoms with van der Waals surface area (Å²) >= 11 is 0. The first-order chi connectivity index (χ1) is 20.6. The average molecular weight is 565 g/mol. The van der Waals surface area contributed by atoms with Crippen LogP contribution in [0, 0.1) is 11.3 Å². The lowest BCUT2D eigenvalue weighted by molar-refractivity contribution is -0.0894. The van der Waals surface area contributed by atoms with Gasteiger partial charge in [-0.1, -0.05) is 24.3 Å². The van der Waals surface area contributed by atoms with Crippen LogP contribution in [-0.4, -0.2) is 73.8 Å². The highest BCUT2D eigenvalue weighted by atomic mass is 16.3. The monoisotopic (exact) mass is 564 g/mol. The maximum atomic E-state index is 13.1. The zero-order valence-electron chi connectivity index (χ0n) is 24.6. The molecule has 2 aromatic heterocycles. The van der Waals surface area contributed by atoms with E-state index in [-0.39, 0.29) is 17.2 Å². The van der Waals surface area contributed by atoms with Crippen LogP contribution in [0.5, 0.6) is 5.75 Å². The average Bonchev–Trinajstić information content (AvgIpc) is 3.48. The van der Waals surface area contributed by atoms with Crippen LogP contribution >= 0.6 is 0 Å². The van der Waals surface area contributed by atoms with Crippen LogP contribution in [-0.2, 0) is 0 Å². The first-order valence-corrected chi connectivity index (χ1v) is 16.4. The van der Waals surface area contributed by atoms with E-state index < -0.39 is 5.60 Å². The standard InChI is InChI=1S/C36H44N4O2/c41-26-12-13-31-28(21-26)27-14-17-37-32(33(27)38-31)29-23-36(42)16-8-4-1-2-5-9-18-39-20-15-30(29)35(24-39)22-25-11-7-3-6-10-19-40(25)34(35)36/h1,4,7,11-14,17,21,23,25,30,34,38,41-42H,2-3,5-6,8-10,15-16,18-20,22,24H2/b4-1?,11-7-/t25-,30-,34+,35-,36-/m0/s1. The Balaban J connectivity index is 1.35. The number of aromatic amines is 1. The molecule has 2 fully saturated rings. The van der Waals surface area contributed by atoms with Gasteiger partial charge in [0, 0.05) is 40.5 Å². The Hall–Kier alpha value is -2.93. The van der Waals surface area contributed by atoms with E-state index in [2.05, 4.69) is 51.2 Å². The number of aromatic nitrogens is 2. The second-order valence-electron chi connectivity index (χ2n) is 13.7. The van der Waals surface area contributed by atoms with E-state index in [1.54, 1.807) is 6.07 Å². The summed E-state index contributed by atoms with van der Waals surface area (Å²) in [5, 5.41) is 25.4. The molecule has 6 heterocycles. The van der Waals surface area contributed by atoms with Gasteiger partial charge < -0.3 is 20.1 Å². The van der Waals surface area contributed by atoms with Gasteiger partial charge in [0.05, 0.1) is 22.9 Å². The number of allylic oxidation sites excluding steroid dienone is 4. The zero-order valence-corrected chi connectivity index (χ0v) is 24.6. The maximum absolute atomic E-state index is 13.1. The highest BCUT2D eigenvalue weighted by Gasteiger charge is 2.65. The molecule has 8 rings (SSSR count). The predicted molar refractivity (Wildman–Crippen MR) is 169 cm³/mol. The minimum Gasteiger partial charge on any atom is -0.508 e. The van der Waals surface area contributed by atoms with Crippen LogP contribution in [0.25, 0.3) is 27.4 Å². The fourth-order valence-corrected chi connectivity index (χ4v) is 9.62. The Morgan fingerprint density at radius 3 is 2.71 bits per heavy atom. The number of aliphatic hydroxyl groups is 1.